The highest BCUT2D eigenvalue weighted by Gasteiger charge is 2.26. The van der Waals surface area contributed by atoms with Crippen LogP contribution >= 0.6 is 34.3 Å². The van der Waals surface area contributed by atoms with Gasteiger partial charge in [0.05, 0.1) is 27.5 Å². The van der Waals surface area contributed by atoms with Gasteiger partial charge in [0.15, 0.2) is 5.13 Å². The lowest BCUT2D eigenvalue weighted by Crippen LogP contribution is -2.48. The summed E-state index contributed by atoms with van der Waals surface area (Å²) < 4.78 is 6.33. The fourth-order valence-electron chi connectivity index (χ4n) is 3.22. The molecular formula is C18H19ClN4O2S2. The first-order chi connectivity index (χ1) is 13.0. The molecule has 1 fully saturated rings. The number of aromatic nitrogens is 2. The summed E-state index contributed by atoms with van der Waals surface area (Å²) in [6.45, 7) is 6.63. The van der Waals surface area contributed by atoms with Crippen molar-refractivity contribution in [2.24, 2.45) is 0 Å². The maximum absolute atomic E-state index is 12.8. The number of carbonyl (C=O) groups excluding carboxylic acids is 1. The van der Waals surface area contributed by atoms with E-state index < -0.39 is 0 Å². The molecule has 9 heteroatoms. The topological polar surface area (TPSA) is 58.6 Å². The minimum Gasteiger partial charge on any atom is -0.494 e. The van der Waals surface area contributed by atoms with Crippen LogP contribution in [0.1, 0.15) is 20.4 Å². The van der Waals surface area contributed by atoms with Gasteiger partial charge in [-0.05, 0) is 26.0 Å². The van der Waals surface area contributed by atoms with Crippen LogP contribution in [0.4, 0.5) is 5.13 Å². The molecule has 1 aliphatic heterocycles. The summed E-state index contributed by atoms with van der Waals surface area (Å²) in [5, 5.41) is 2.52. The van der Waals surface area contributed by atoms with Crippen molar-refractivity contribution in [1.82, 2.24) is 14.9 Å². The summed E-state index contributed by atoms with van der Waals surface area (Å²) in [5.41, 5.74) is 1.61. The van der Waals surface area contributed by atoms with E-state index in [1.165, 1.54) is 11.3 Å². The van der Waals surface area contributed by atoms with Crippen LogP contribution in [0.5, 0.6) is 5.75 Å². The molecule has 1 amide bonds. The van der Waals surface area contributed by atoms with Crippen molar-refractivity contribution >= 4 is 55.5 Å². The van der Waals surface area contributed by atoms with Crippen LogP contribution in [0, 0.1) is 13.8 Å². The number of piperazine rings is 1. The largest absolute Gasteiger partial charge is 0.494 e. The van der Waals surface area contributed by atoms with Crippen molar-refractivity contribution in [2.45, 2.75) is 13.8 Å². The number of fused-ring (bicyclic) bond motifs is 1. The molecule has 0 radical (unpaired) electrons. The maximum Gasteiger partial charge on any atom is 0.265 e. The third kappa shape index (κ3) is 3.37. The van der Waals surface area contributed by atoms with Crippen molar-refractivity contribution < 1.29 is 9.53 Å². The van der Waals surface area contributed by atoms with Crippen molar-refractivity contribution in [3.8, 4) is 5.75 Å². The lowest BCUT2D eigenvalue weighted by atomic mass is 10.3. The summed E-state index contributed by atoms with van der Waals surface area (Å²) in [4.78, 5) is 26.7. The number of rotatable bonds is 3. The molecule has 0 unspecified atom stereocenters. The number of anilines is 1. The standard InChI is InChI=1S/C18H19ClN4O2S2/c1-10-15(26-11(2)20-10)17(24)22-6-8-23(9-7-22)18-21-14-13(25-3)5-4-12(19)16(14)27-18/h4-5H,6-9H2,1-3H3. The summed E-state index contributed by atoms with van der Waals surface area (Å²) in [6.07, 6.45) is 0. The summed E-state index contributed by atoms with van der Waals surface area (Å²) in [7, 11) is 1.63. The molecule has 4 rings (SSSR count). The van der Waals surface area contributed by atoms with Crippen molar-refractivity contribution in [1.29, 1.82) is 0 Å². The zero-order valence-corrected chi connectivity index (χ0v) is 17.7. The van der Waals surface area contributed by atoms with Crippen LogP contribution in [0.25, 0.3) is 10.2 Å². The Morgan fingerprint density at radius 3 is 2.52 bits per heavy atom. The van der Waals surface area contributed by atoms with Crippen LogP contribution in [0.3, 0.4) is 0 Å². The molecule has 142 valence electrons. The molecule has 2 aromatic heterocycles. The van der Waals surface area contributed by atoms with Crippen molar-refractivity contribution in [3.05, 3.63) is 32.7 Å². The third-order valence-corrected chi connectivity index (χ3v) is 7.24. The maximum atomic E-state index is 12.8. The molecule has 1 saturated heterocycles. The van der Waals surface area contributed by atoms with Gasteiger partial charge in [-0.1, -0.05) is 22.9 Å². The molecule has 0 spiro atoms. The zero-order valence-electron chi connectivity index (χ0n) is 15.3. The molecule has 27 heavy (non-hydrogen) atoms. The Labute approximate surface area is 170 Å². The molecule has 0 atom stereocenters. The second-order valence-corrected chi connectivity index (χ2v) is 8.94. The second-order valence-electron chi connectivity index (χ2n) is 6.35. The SMILES string of the molecule is COc1ccc(Cl)c2sc(N3CCN(C(=O)c4sc(C)nc4C)CC3)nc12. The zero-order chi connectivity index (χ0) is 19.1. The molecule has 1 aromatic carbocycles. The Morgan fingerprint density at radius 1 is 1.15 bits per heavy atom. The van der Waals surface area contributed by atoms with Gasteiger partial charge >= 0.3 is 0 Å². The minimum absolute atomic E-state index is 0.0757. The normalized spacial score (nSPS) is 14.8. The summed E-state index contributed by atoms with van der Waals surface area (Å²) in [5.74, 6) is 0.800. The van der Waals surface area contributed by atoms with Crippen LogP contribution in [0.15, 0.2) is 12.1 Å². The predicted octanol–water partition coefficient (Wildman–Crippen LogP) is 3.99. The first kappa shape index (κ1) is 18.5. The summed E-state index contributed by atoms with van der Waals surface area (Å²) >= 11 is 9.36. The number of benzene rings is 1. The van der Waals surface area contributed by atoms with Gasteiger partial charge in [0.25, 0.3) is 5.91 Å². The Morgan fingerprint density at radius 2 is 1.89 bits per heavy atom. The van der Waals surface area contributed by atoms with Crippen LogP contribution < -0.4 is 9.64 Å². The average Bonchev–Trinajstić information content (AvgIpc) is 3.26. The Balaban J connectivity index is 1.51. The van der Waals surface area contributed by atoms with E-state index in [1.807, 2.05) is 30.9 Å². The van der Waals surface area contributed by atoms with E-state index in [4.69, 9.17) is 21.3 Å². The first-order valence-corrected chi connectivity index (χ1v) is 10.6. The van der Waals surface area contributed by atoms with E-state index in [1.54, 1.807) is 18.4 Å². The fraction of sp³-hybridized carbons (Fsp3) is 0.389. The van der Waals surface area contributed by atoms with Gasteiger partial charge in [-0.15, -0.1) is 11.3 Å². The number of carbonyl (C=O) groups is 1. The monoisotopic (exact) mass is 422 g/mol. The number of methoxy groups -OCH3 is 1. The molecule has 0 aliphatic carbocycles. The number of thiazole rings is 2. The molecule has 6 nitrogen and oxygen atoms in total. The van der Waals surface area contributed by atoms with E-state index in [-0.39, 0.29) is 5.91 Å². The second kappa shape index (κ2) is 7.26. The van der Waals surface area contributed by atoms with Gasteiger partial charge in [-0.3, -0.25) is 4.79 Å². The number of ether oxygens (including phenoxy) is 1. The number of hydrogen-bond acceptors (Lipinski definition) is 7. The molecule has 3 heterocycles. The van der Waals surface area contributed by atoms with Crippen molar-refractivity contribution in [3.63, 3.8) is 0 Å². The summed E-state index contributed by atoms with van der Waals surface area (Å²) in [6, 6.07) is 3.67. The van der Waals surface area contributed by atoms with Gasteiger partial charge in [-0.2, -0.15) is 0 Å². The lowest BCUT2D eigenvalue weighted by molar-refractivity contribution is 0.0750. The predicted molar refractivity (Wildman–Crippen MR) is 111 cm³/mol. The number of hydrogen-bond donors (Lipinski definition) is 0. The third-order valence-electron chi connectivity index (χ3n) is 4.60. The van der Waals surface area contributed by atoms with E-state index in [9.17, 15) is 4.79 Å². The quantitative estimate of drug-likeness (QED) is 0.638. The number of nitrogens with zero attached hydrogens (tertiary/aromatic N) is 4. The number of aryl methyl sites for hydroxylation is 2. The Kier molecular flexibility index (Phi) is 4.96. The molecule has 1 aliphatic rings. The molecule has 0 saturated carbocycles. The first-order valence-electron chi connectivity index (χ1n) is 8.59. The number of halogens is 1. The molecule has 0 bridgehead atoms. The smallest absolute Gasteiger partial charge is 0.265 e. The molecule has 3 aromatic rings. The van der Waals surface area contributed by atoms with E-state index >= 15 is 0 Å². The molecule has 0 N–H and O–H groups in total. The lowest BCUT2D eigenvalue weighted by Gasteiger charge is -2.34. The van der Waals surface area contributed by atoms with E-state index in [0.29, 0.717) is 18.1 Å². The van der Waals surface area contributed by atoms with Gasteiger partial charge in [-0.25, -0.2) is 9.97 Å². The highest BCUT2D eigenvalue weighted by Crippen LogP contribution is 2.38. The Bertz CT molecular complexity index is 1010. The van der Waals surface area contributed by atoms with E-state index in [2.05, 4.69) is 9.88 Å². The molecular weight excluding hydrogens is 404 g/mol. The van der Waals surface area contributed by atoms with Gasteiger partial charge in [0.2, 0.25) is 0 Å². The highest BCUT2D eigenvalue weighted by molar-refractivity contribution is 7.22. The van der Waals surface area contributed by atoms with Crippen molar-refractivity contribution in [2.75, 3.05) is 38.2 Å². The Hall–Kier alpha value is -1.90. The minimum atomic E-state index is 0.0757. The van der Waals surface area contributed by atoms with E-state index in [0.717, 1.165) is 49.8 Å². The van der Waals surface area contributed by atoms with Crippen LogP contribution in [-0.4, -0.2) is 54.1 Å². The highest BCUT2D eigenvalue weighted by atomic mass is 35.5. The number of amides is 1. The van der Waals surface area contributed by atoms with Gasteiger partial charge in [0.1, 0.15) is 16.1 Å². The average molecular weight is 423 g/mol. The van der Waals surface area contributed by atoms with Gasteiger partial charge in [0, 0.05) is 26.2 Å². The van der Waals surface area contributed by atoms with Crippen LogP contribution in [-0.2, 0) is 0 Å². The van der Waals surface area contributed by atoms with Crippen LogP contribution in [0.2, 0.25) is 5.02 Å². The van der Waals surface area contributed by atoms with Gasteiger partial charge < -0.3 is 14.5 Å². The fourth-order valence-corrected chi connectivity index (χ4v) is 5.41.